The fourth-order valence-electron chi connectivity index (χ4n) is 3.83. The molecule has 2 aliphatic rings. The van der Waals surface area contributed by atoms with Crippen molar-refractivity contribution in [1.29, 1.82) is 0 Å². The number of pyridine rings is 1. The van der Waals surface area contributed by atoms with E-state index in [1.54, 1.807) is 19.2 Å². The van der Waals surface area contributed by atoms with Gasteiger partial charge >= 0.3 is 5.69 Å². The Bertz CT molecular complexity index is 536. The van der Waals surface area contributed by atoms with Crippen LogP contribution >= 0.6 is 0 Å². The highest BCUT2D eigenvalue weighted by molar-refractivity contribution is 5.62. The molecule has 0 aliphatic carbocycles. The Hall–Kier alpha value is -1.69. The minimum Gasteiger partial charge on any atom is -0.348 e. The van der Waals surface area contributed by atoms with Gasteiger partial charge in [-0.2, -0.15) is 0 Å². The van der Waals surface area contributed by atoms with Crippen LogP contribution in [0.1, 0.15) is 38.2 Å². The zero-order valence-electron chi connectivity index (χ0n) is 12.6. The van der Waals surface area contributed by atoms with Gasteiger partial charge in [0.1, 0.15) is 0 Å². The second kappa shape index (κ2) is 5.60. The van der Waals surface area contributed by atoms with Crippen molar-refractivity contribution < 1.29 is 4.92 Å². The number of aryl methyl sites for hydroxylation is 1. The molecule has 2 atom stereocenters. The molecule has 1 N–H and O–H groups in total. The number of nitrogens with one attached hydrogen (secondary N) is 1. The molecule has 0 amide bonds. The van der Waals surface area contributed by atoms with Gasteiger partial charge in [0.25, 0.3) is 0 Å². The summed E-state index contributed by atoms with van der Waals surface area (Å²) in [5, 5.41) is 15.0. The Morgan fingerprint density at radius 1 is 1.43 bits per heavy atom. The Balaban J connectivity index is 1.93. The topological polar surface area (TPSA) is 71.3 Å². The van der Waals surface area contributed by atoms with Crippen molar-refractivity contribution in [3.63, 3.8) is 0 Å². The van der Waals surface area contributed by atoms with E-state index in [0.717, 1.165) is 19.4 Å². The molecular weight excluding hydrogens is 268 g/mol. The first-order valence-electron chi connectivity index (χ1n) is 7.72. The van der Waals surface area contributed by atoms with Crippen molar-refractivity contribution in [3.8, 4) is 0 Å². The summed E-state index contributed by atoms with van der Waals surface area (Å²) in [6, 6.07) is 3.18. The predicted molar refractivity (Wildman–Crippen MR) is 81.6 cm³/mol. The molecular formula is C15H22N4O2. The molecule has 1 aromatic rings. The van der Waals surface area contributed by atoms with Crippen molar-refractivity contribution in [1.82, 2.24) is 10.3 Å². The highest BCUT2D eigenvalue weighted by atomic mass is 16.6. The van der Waals surface area contributed by atoms with E-state index in [-0.39, 0.29) is 10.6 Å². The SMILES string of the molecule is CCN(c1nccc(C)c1[N+](=O)[O-])C1CC2CCC(C1)N2. The summed E-state index contributed by atoms with van der Waals surface area (Å²) >= 11 is 0. The third kappa shape index (κ3) is 2.60. The maximum absolute atomic E-state index is 11.4. The molecule has 0 radical (unpaired) electrons. The number of rotatable bonds is 4. The lowest BCUT2D eigenvalue weighted by Crippen LogP contribution is -2.48. The number of hydrogen-bond acceptors (Lipinski definition) is 5. The standard InChI is InChI=1S/C15H22N4O2/c1-3-18(13-8-11-4-5-12(9-13)17-11)15-14(19(20)21)10(2)6-7-16-15/h6-7,11-13,17H,3-5,8-9H2,1-2H3. The largest absolute Gasteiger partial charge is 0.348 e. The van der Waals surface area contributed by atoms with Gasteiger partial charge in [-0.25, -0.2) is 4.98 Å². The summed E-state index contributed by atoms with van der Waals surface area (Å²) in [6.45, 7) is 4.59. The molecule has 6 nitrogen and oxygen atoms in total. The quantitative estimate of drug-likeness (QED) is 0.681. The van der Waals surface area contributed by atoms with Crippen LogP contribution in [0.4, 0.5) is 11.5 Å². The number of piperidine rings is 1. The monoisotopic (exact) mass is 290 g/mol. The van der Waals surface area contributed by atoms with Gasteiger partial charge in [-0.05, 0) is 45.6 Å². The molecule has 6 heteroatoms. The lowest BCUT2D eigenvalue weighted by molar-refractivity contribution is -0.384. The van der Waals surface area contributed by atoms with E-state index in [0.29, 0.717) is 29.5 Å². The number of nitrogens with zero attached hydrogens (tertiary/aromatic N) is 3. The average molecular weight is 290 g/mol. The molecule has 1 aromatic heterocycles. The van der Waals surface area contributed by atoms with Crippen LogP contribution in [0.25, 0.3) is 0 Å². The van der Waals surface area contributed by atoms with E-state index in [1.165, 1.54) is 12.8 Å². The van der Waals surface area contributed by atoms with Gasteiger partial charge in [0.2, 0.25) is 5.82 Å². The van der Waals surface area contributed by atoms with Crippen LogP contribution in [-0.2, 0) is 0 Å². The van der Waals surface area contributed by atoms with Crippen molar-refractivity contribution in [2.24, 2.45) is 0 Å². The molecule has 2 unspecified atom stereocenters. The highest BCUT2D eigenvalue weighted by Crippen LogP contribution is 2.35. The first-order chi connectivity index (χ1) is 10.1. The van der Waals surface area contributed by atoms with E-state index in [9.17, 15) is 10.1 Å². The van der Waals surface area contributed by atoms with Crippen LogP contribution < -0.4 is 10.2 Å². The Labute approximate surface area is 124 Å². The lowest BCUT2D eigenvalue weighted by Gasteiger charge is -2.37. The van der Waals surface area contributed by atoms with E-state index in [1.807, 2.05) is 0 Å². The molecule has 114 valence electrons. The Kier molecular flexibility index (Phi) is 3.80. The summed E-state index contributed by atoms with van der Waals surface area (Å²) in [6.07, 6.45) is 6.23. The smallest absolute Gasteiger partial charge is 0.314 e. The summed E-state index contributed by atoms with van der Waals surface area (Å²) < 4.78 is 0. The summed E-state index contributed by atoms with van der Waals surface area (Å²) in [7, 11) is 0. The van der Waals surface area contributed by atoms with Crippen LogP contribution in [0, 0.1) is 17.0 Å². The number of aromatic nitrogens is 1. The van der Waals surface area contributed by atoms with Crippen LogP contribution in [0.5, 0.6) is 0 Å². The van der Waals surface area contributed by atoms with Crippen molar-refractivity contribution in [3.05, 3.63) is 27.9 Å². The fourth-order valence-corrected chi connectivity index (χ4v) is 3.83. The molecule has 3 heterocycles. The van der Waals surface area contributed by atoms with Gasteiger partial charge in [0.05, 0.1) is 4.92 Å². The van der Waals surface area contributed by atoms with Crippen molar-refractivity contribution >= 4 is 11.5 Å². The third-order valence-corrected chi connectivity index (χ3v) is 4.79. The first-order valence-corrected chi connectivity index (χ1v) is 7.72. The molecule has 2 bridgehead atoms. The predicted octanol–water partition coefficient (Wildman–Crippen LogP) is 2.41. The third-order valence-electron chi connectivity index (χ3n) is 4.79. The van der Waals surface area contributed by atoms with E-state index >= 15 is 0 Å². The van der Waals surface area contributed by atoms with Crippen molar-refractivity contribution in [2.75, 3.05) is 11.4 Å². The van der Waals surface area contributed by atoms with E-state index in [2.05, 4.69) is 22.1 Å². The molecule has 2 fully saturated rings. The zero-order chi connectivity index (χ0) is 15.0. The number of hydrogen-bond donors (Lipinski definition) is 1. The maximum Gasteiger partial charge on any atom is 0.314 e. The van der Waals surface area contributed by atoms with Crippen LogP contribution in [0.2, 0.25) is 0 Å². The first kappa shape index (κ1) is 14.3. The number of nitro groups is 1. The van der Waals surface area contributed by atoms with Crippen LogP contribution in [0.15, 0.2) is 12.3 Å². The Morgan fingerprint density at radius 2 is 2.10 bits per heavy atom. The number of fused-ring (bicyclic) bond motifs is 2. The van der Waals surface area contributed by atoms with Gasteiger partial charge in [0, 0.05) is 36.4 Å². The molecule has 2 saturated heterocycles. The van der Waals surface area contributed by atoms with E-state index in [4.69, 9.17) is 0 Å². The van der Waals surface area contributed by atoms with Gasteiger partial charge in [-0.3, -0.25) is 10.1 Å². The molecule has 3 rings (SSSR count). The van der Waals surface area contributed by atoms with Gasteiger partial charge in [0.15, 0.2) is 0 Å². The van der Waals surface area contributed by atoms with E-state index < -0.39 is 0 Å². The lowest BCUT2D eigenvalue weighted by atomic mass is 9.98. The van der Waals surface area contributed by atoms with Gasteiger partial charge < -0.3 is 10.2 Å². The van der Waals surface area contributed by atoms with Crippen molar-refractivity contribution in [2.45, 2.75) is 57.7 Å². The number of anilines is 1. The van der Waals surface area contributed by atoms with Gasteiger partial charge in [-0.1, -0.05) is 0 Å². The molecule has 0 spiro atoms. The zero-order valence-corrected chi connectivity index (χ0v) is 12.6. The maximum atomic E-state index is 11.4. The second-order valence-corrected chi connectivity index (χ2v) is 6.11. The molecule has 21 heavy (non-hydrogen) atoms. The highest BCUT2D eigenvalue weighted by Gasteiger charge is 2.37. The van der Waals surface area contributed by atoms with Crippen LogP contribution in [0.3, 0.4) is 0 Å². The minimum absolute atomic E-state index is 0.158. The van der Waals surface area contributed by atoms with Gasteiger partial charge in [-0.15, -0.1) is 0 Å². The molecule has 2 aliphatic heterocycles. The Morgan fingerprint density at radius 3 is 2.67 bits per heavy atom. The molecule has 0 saturated carbocycles. The van der Waals surface area contributed by atoms with Crippen LogP contribution in [-0.4, -0.2) is 34.6 Å². The minimum atomic E-state index is -0.296. The average Bonchev–Trinajstić information content (AvgIpc) is 2.78. The summed E-state index contributed by atoms with van der Waals surface area (Å²) in [4.78, 5) is 17.6. The second-order valence-electron chi connectivity index (χ2n) is 6.11. The summed E-state index contributed by atoms with van der Waals surface area (Å²) in [5.74, 6) is 0.536. The molecule has 0 aromatic carbocycles. The normalized spacial score (nSPS) is 27.6. The summed E-state index contributed by atoms with van der Waals surface area (Å²) in [5.41, 5.74) is 0.839. The fraction of sp³-hybridized carbons (Fsp3) is 0.667.